The van der Waals surface area contributed by atoms with Crippen LogP contribution in [0.15, 0.2) is 24.3 Å². The smallest absolute Gasteiger partial charge is 0.237 e. The fourth-order valence-corrected chi connectivity index (χ4v) is 3.35. The summed E-state index contributed by atoms with van der Waals surface area (Å²) in [5, 5.41) is 6.55. The lowest BCUT2D eigenvalue weighted by atomic mass is 9.87. The highest BCUT2D eigenvalue weighted by Gasteiger charge is 2.31. The Balaban J connectivity index is 1.72. The maximum atomic E-state index is 12.4. The Morgan fingerprint density at radius 3 is 2.95 bits per heavy atom. The standard InChI is InChI=1S/C16H22N2O/c1-11-9-10-17-15(11)16(19)18-14-8-4-6-12-5-2-3-7-13(12)14/h2-3,5,7,11,14-15,17H,4,6,8-10H2,1H3,(H,18,19). The molecule has 3 rings (SSSR count). The van der Waals surface area contributed by atoms with Gasteiger partial charge in [-0.2, -0.15) is 0 Å². The van der Waals surface area contributed by atoms with E-state index in [0.29, 0.717) is 5.92 Å². The number of carbonyl (C=O) groups is 1. The maximum absolute atomic E-state index is 12.4. The number of nitrogens with one attached hydrogen (secondary N) is 2. The summed E-state index contributed by atoms with van der Waals surface area (Å²) >= 11 is 0. The molecule has 3 unspecified atom stereocenters. The number of aryl methyl sites for hydroxylation is 1. The third-order valence-electron chi connectivity index (χ3n) is 4.50. The Kier molecular flexibility index (Phi) is 3.56. The average molecular weight is 258 g/mol. The highest BCUT2D eigenvalue weighted by Crippen LogP contribution is 2.29. The highest BCUT2D eigenvalue weighted by molar-refractivity contribution is 5.82. The van der Waals surface area contributed by atoms with Crippen LogP contribution in [0.2, 0.25) is 0 Å². The number of hydrogen-bond acceptors (Lipinski definition) is 2. The van der Waals surface area contributed by atoms with Gasteiger partial charge in [0.05, 0.1) is 12.1 Å². The second-order valence-corrected chi connectivity index (χ2v) is 5.85. The van der Waals surface area contributed by atoms with E-state index in [9.17, 15) is 4.79 Å². The van der Waals surface area contributed by atoms with E-state index in [1.54, 1.807) is 0 Å². The topological polar surface area (TPSA) is 41.1 Å². The Bertz CT molecular complexity index is 472. The molecule has 1 aliphatic carbocycles. The SMILES string of the molecule is CC1CCNC1C(=O)NC1CCCc2ccccc21. The van der Waals surface area contributed by atoms with Gasteiger partial charge in [-0.05, 0) is 49.3 Å². The lowest BCUT2D eigenvalue weighted by Crippen LogP contribution is -2.45. The molecule has 2 N–H and O–H groups in total. The van der Waals surface area contributed by atoms with E-state index in [2.05, 4.69) is 41.8 Å². The minimum atomic E-state index is -0.00547. The van der Waals surface area contributed by atoms with E-state index in [1.807, 2.05) is 0 Å². The zero-order chi connectivity index (χ0) is 13.2. The van der Waals surface area contributed by atoms with Crippen molar-refractivity contribution >= 4 is 5.91 Å². The van der Waals surface area contributed by atoms with Crippen molar-refractivity contribution in [3.8, 4) is 0 Å². The van der Waals surface area contributed by atoms with Crippen LogP contribution in [0.4, 0.5) is 0 Å². The molecule has 1 saturated heterocycles. The van der Waals surface area contributed by atoms with E-state index in [4.69, 9.17) is 0 Å². The predicted octanol–water partition coefficient (Wildman–Crippen LogP) is 2.18. The summed E-state index contributed by atoms with van der Waals surface area (Å²) in [6.07, 6.45) is 4.46. The summed E-state index contributed by atoms with van der Waals surface area (Å²) in [5.74, 6) is 0.616. The first-order valence-corrected chi connectivity index (χ1v) is 7.37. The van der Waals surface area contributed by atoms with Crippen molar-refractivity contribution in [2.45, 2.75) is 44.7 Å². The molecule has 1 heterocycles. The van der Waals surface area contributed by atoms with Gasteiger partial charge in [-0.3, -0.25) is 4.79 Å². The summed E-state index contributed by atoms with van der Waals surface area (Å²) in [5.41, 5.74) is 2.71. The molecule has 0 bridgehead atoms. The van der Waals surface area contributed by atoms with Gasteiger partial charge in [0.2, 0.25) is 5.91 Å². The van der Waals surface area contributed by atoms with Crippen LogP contribution in [0.25, 0.3) is 0 Å². The minimum absolute atomic E-state index is 0.00547. The number of hydrogen-bond donors (Lipinski definition) is 2. The van der Waals surface area contributed by atoms with Crippen molar-refractivity contribution in [3.05, 3.63) is 35.4 Å². The van der Waals surface area contributed by atoms with E-state index >= 15 is 0 Å². The Labute approximate surface area is 114 Å². The predicted molar refractivity (Wildman–Crippen MR) is 75.8 cm³/mol. The summed E-state index contributed by atoms with van der Waals surface area (Å²) < 4.78 is 0. The number of amides is 1. The number of benzene rings is 1. The van der Waals surface area contributed by atoms with Gasteiger partial charge in [-0.25, -0.2) is 0 Å². The van der Waals surface area contributed by atoms with Crippen LogP contribution in [0.5, 0.6) is 0 Å². The van der Waals surface area contributed by atoms with E-state index in [0.717, 1.165) is 32.2 Å². The molecule has 0 aromatic heterocycles. The lowest BCUT2D eigenvalue weighted by Gasteiger charge is -2.28. The van der Waals surface area contributed by atoms with Crippen molar-refractivity contribution in [1.82, 2.24) is 10.6 Å². The Hall–Kier alpha value is -1.35. The first kappa shape index (κ1) is 12.7. The van der Waals surface area contributed by atoms with Gasteiger partial charge in [0, 0.05) is 0 Å². The summed E-state index contributed by atoms with van der Waals surface area (Å²) in [7, 11) is 0. The molecule has 19 heavy (non-hydrogen) atoms. The van der Waals surface area contributed by atoms with Gasteiger partial charge in [-0.15, -0.1) is 0 Å². The molecule has 0 spiro atoms. The fraction of sp³-hybridized carbons (Fsp3) is 0.562. The third kappa shape index (κ3) is 2.52. The molecule has 3 atom stereocenters. The number of fused-ring (bicyclic) bond motifs is 1. The zero-order valence-corrected chi connectivity index (χ0v) is 11.5. The summed E-state index contributed by atoms with van der Waals surface area (Å²) in [6.45, 7) is 3.11. The van der Waals surface area contributed by atoms with Gasteiger partial charge in [0.15, 0.2) is 0 Å². The van der Waals surface area contributed by atoms with Crippen molar-refractivity contribution < 1.29 is 4.79 Å². The largest absolute Gasteiger partial charge is 0.348 e. The highest BCUT2D eigenvalue weighted by atomic mass is 16.2. The molecule has 3 nitrogen and oxygen atoms in total. The summed E-state index contributed by atoms with van der Waals surface area (Å²) in [6, 6.07) is 8.69. The maximum Gasteiger partial charge on any atom is 0.237 e. The fourth-order valence-electron chi connectivity index (χ4n) is 3.35. The van der Waals surface area contributed by atoms with Crippen molar-refractivity contribution in [2.24, 2.45) is 5.92 Å². The van der Waals surface area contributed by atoms with E-state index in [1.165, 1.54) is 11.1 Å². The molecular weight excluding hydrogens is 236 g/mol. The molecular formula is C16H22N2O. The molecule has 2 aliphatic rings. The number of carbonyl (C=O) groups excluding carboxylic acids is 1. The number of rotatable bonds is 2. The van der Waals surface area contributed by atoms with Gasteiger partial charge in [0.25, 0.3) is 0 Å². The van der Waals surface area contributed by atoms with Crippen LogP contribution in [-0.4, -0.2) is 18.5 Å². The molecule has 0 radical (unpaired) electrons. The molecule has 3 heteroatoms. The van der Waals surface area contributed by atoms with Crippen LogP contribution in [0, 0.1) is 5.92 Å². The van der Waals surface area contributed by atoms with Crippen molar-refractivity contribution in [3.63, 3.8) is 0 Å². The molecule has 1 amide bonds. The van der Waals surface area contributed by atoms with Crippen LogP contribution in [0.3, 0.4) is 0 Å². The zero-order valence-electron chi connectivity index (χ0n) is 11.5. The second kappa shape index (κ2) is 5.33. The Morgan fingerprint density at radius 1 is 1.32 bits per heavy atom. The minimum Gasteiger partial charge on any atom is -0.348 e. The molecule has 102 valence electrons. The molecule has 1 aromatic rings. The molecule has 0 saturated carbocycles. The molecule has 1 fully saturated rings. The first-order chi connectivity index (χ1) is 9.25. The van der Waals surface area contributed by atoms with Gasteiger partial charge in [0.1, 0.15) is 0 Å². The summed E-state index contributed by atoms with van der Waals surface area (Å²) in [4.78, 5) is 12.4. The van der Waals surface area contributed by atoms with Crippen LogP contribution < -0.4 is 10.6 Å². The third-order valence-corrected chi connectivity index (χ3v) is 4.50. The van der Waals surface area contributed by atoms with E-state index in [-0.39, 0.29) is 18.0 Å². The van der Waals surface area contributed by atoms with Crippen molar-refractivity contribution in [2.75, 3.05) is 6.54 Å². The van der Waals surface area contributed by atoms with Gasteiger partial charge < -0.3 is 10.6 Å². The van der Waals surface area contributed by atoms with Gasteiger partial charge >= 0.3 is 0 Å². The molecule has 1 aliphatic heterocycles. The van der Waals surface area contributed by atoms with Crippen LogP contribution >= 0.6 is 0 Å². The first-order valence-electron chi connectivity index (χ1n) is 7.37. The Morgan fingerprint density at radius 2 is 2.16 bits per heavy atom. The molecule has 1 aromatic carbocycles. The lowest BCUT2D eigenvalue weighted by molar-refractivity contribution is -0.124. The van der Waals surface area contributed by atoms with Gasteiger partial charge in [-0.1, -0.05) is 31.2 Å². The average Bonchev–Trinajstić information content (AvgIpc) is 2.85. The van der Waals surface area contributed by atoms with E-state index < -0.39 is 0 Å². The van der Waals surface area contributed by atoms with Crippen LogP contribution in [-0.2, 0) is 11.2 Å². The second-order valence-electron chi connectivity index (χ2n) is 5.85. The van der Waals surface area contributed by atoms with Crippen LogP contribution in [0.1, 0.15) is 43.4 Å². The quantitative estimate of drug-likeness (QED) is 0.853. The van der Waals surface area contributed by atoms with Crippen molar-refractivity contribution in [1.29, 1.82) is 0 Å². The monoisotopic (exact) mass is 258 g/mol. The normalized spacial score (nSPS) is 29.8.